The van der Waals surface area contributed by atoms with E-state index < -0.39 is 22.2 Å². The zero-order chi connectivity index (χ0) is 27.0. The SMILES string of the molecule is CCn1cc(CC[C@H](c2cc(CN3C[C@@H](C)Cc4ncccc4S3(O)O)c(C)s2)C(C)(C)C(=O)O)nn1. The van der Waals surface area contributed by atoms with Gasteiger partial charge in [0, 0.05) is 47.7 Å². The lowest BCUT2D eigenvalue weighted by molar-refractivity contribution is -0.148. The van der Waals surface area contributed by atoms with E-state index in [1.807, 2.05) is 20.0 Å². The predicted octanol–water partition coefficient (Wildman–Crippen LogP) is 5.61. The van der Waals surface area contributed by atoms with Crippen molar-refractivity contribution >= 4 is 28.1 Å². The molecule has 2 atom stereocenters. The Morgan fingerprint density at radius 1 is 1.35 bits per heavy atom. The number of thiophene rings is 1. The van der Waals surface area contributed by atoms with Crippen LogP contribution in [-0.4, -0.2) is 51.0 Å². The highest BCUT2D eigenvalue weighted by Crippen LogP contribution is 2.55. The summed E-state index contributed by atoms with van der Waals surface area (Å²) in [5.74, 6) is -0.875. The molecule has 0 aliphatic carbocycles. The number of hydrogen-bond donors (Lipinski definition) is 3. The summed E-state index contributed by atoms with van der Waals surface area (Å²) in [7, 11) is -3.20. The Morgan fingerprint density at radius 2 is 2.11 bits per heavy atom. The van der Waals surface area contributed by atoms with E-state index in [-0.39, 0.29) is 11.8 Å². The van der Waals surface area contributed by atoms with Crippen LogP contribution in [0, 0.1) is 18.3 Å². The Balaban J connectivity index is 1.62. The van der Waals surface area contributed by atoms with Gasteiger partial charge in [0.2, 0.25) is 0 Å². The molecule has 0 saturated carbocycles. The predicted molar refractivity (Wildman–Crippen MR) is 146 cm³/mol. The van der Waals surface area contributed by atoms with Crippen molar-refractivity contribution in [3.05, 3.63) is 57.3 Å². The van der Waals surface area contributed by atoms with E-state index >= 15 is 0 Å². The first-order valence-electron chi connectivity index (χ1n) is 12.6. The van der Waals surface area contributed by atoms with Gasteiger partial charge >= 0.3 is 5.97 Å². The fraction of sp³-hybridized carbons (Fsp3) is 0.538. The number of pyridine rings is 1. The van der Waals surface area contributed by atoms with Gasteiger partial charge in [-0.2, -0.15) is 4.31 Å². The van der Waals surface area contributed by atoms with E-state index in [0.717, 1.165) is 33.3 Å². The highest BCUT2D eigenvalue weighted by molar-refractivity contribution is 8.22. The minimum Gasteiger partial charge on any atom is -0.481 e. The van der Waals surface area contributed by atoms with Crippen molar-refractivity contribution in [2.45, 2.75) is 77.8 Å². The lowest BCUT2D eigenvalue weighted by Crippen LogP contribution is -2.31. The highest BCUT2D eigenvalue weighted by atomic mass is 32.3. The van der Waals surface area contributed by atoms with Gasteiger partial charge in [-0.25, -0.2) is 0 Å². The number of carboxylic acid groups (broad SMARTS) is 1. The fourth-order valence-electron chi connectivity index (χ4n) is 4.94. The first-order chi connectivity index (χ1) is 17.4. The van der Waals surface area contributed by atoms with Gasteiger partial charge in [-0.15, -0.1) is 27.2 Å². The number of fused-ring (bicyclic) bond motifs is 1. The zero-order valence-corrected chi connectivity index (χ0v) is 23.7. The summed E-state index contributed by atoms with van der Waals surface area (Å²) in [5, 5.41) is 18.4. The minimum atomic E-state index is -3.20. The monoisotopic (exact) mass is 547 g/mol. The molecule has 37 heavy (non-hydrogen) atoms. The van der Waals surface area contributed by atoms with Gasteiger partial charge in [-0.3, -0.25) is 23.6 Å². The summed E-state index contributed by atoms with van der Waals surface area (Å²) < 4.78 is 26.2. The normalized spacial score (nSPS) is 19.7. The van der Waals surface area contributed by atoms with E-state index in [0.29, 0.717) is 37.2 Å². The minimum absolute atomic E-state index is 0.205. The topological polar surface area (TPSA) is 125 Å². The molecule has 3 aromatic heterocycles. The number of nitrogens with zero attached hydrogens (tertiary/aromatic N) is 5. The zero-order valence-electron chi connectivity index (χ0n) is 22.1. The van der Waals surface area contributed by atoms with Crippen molar-refractivity contribution in [3.63, 3.8) is 0 Å². The average molecular weight is 548 g/mol. The van der Waals surface area contributed by atoms with Crippen LogP contribution in [0.3, 0.4) is 0 Å². The third kappa shape index (κ3) is 5.75. The van der Waals surface area contributed by atoms with E-state index in [1.165, 1.54) is 0 Å². The van der Waals surface area contributed by atoms with E-state index in [4.69, 9.17) is 0 Å². The molecule has 4 rings (SSSR count). The molecule has 0 spiro atoms. The molecule has 11 heteroatoms. The van der Waals surface area contributed by atoms with Crippen molar-refractivity contribution in [3.8, 4) is 0 Å². The van der Waals surface area contributed by atoms with Crippen molar-refractivity contribution in [1.29, 1.82) is 0 Å². The number of carbonyl (C=O) groups is 1. The molecule has 0 amide bonds. The second-order valence-corrected chi connectivity index (χ2v) is 13.8. The van der Waals surface area contributed by atoms with Crippen molar-refractivity contribution in [2.75, 3.05) is 6.54 Å². The average Bonchev–Trinajstić information content (AvgIpc) is 3.42. The van der Waals surface area contributed by atoms with Gasteiger partial charge in [-0.1, -0.05) is 12.1 Å². The first kappa shape index (κ1) is 27.7. The third-order valence-electron chi connectivity index (χ3n) is 7.31. The molecular formula is C26H37N5O4S2. The number of hydrogen-bond acceptors (Lipinski definition) is 8. The standard InChI is InChI=1S/C26H37N5O4S2/c1-6-30-16-20(28-29-30)9-10-21(26(4,5)25(32)33)23-13-19(18(3)36-23)15-31-14-17(2)12-22-24(37(31,34)35)8-7-11-27-22/h7-8,11,13,16-17,21,34-35H,6,9-10,12,14-15H2,1-5H3,(H,32,33)/t17-,21+/m0/s1. The molecule has 1 aliphatic rings. The number of rotatable bonds is 9. The van der Waals surface area contributed by atoms with Crippen LogP contribution in [0.5, 0.6) is 0 Å². The summed E-state index contributed by atoms with van der Waals surface area (Å²) in [4.78, 5) is 19.2. The van der Waals surface area contributed by atoms with Crippen molar-refractivity contribution < 1.29 is 19.0 Å². The summed E-state index contributed by atoms with van der Waals surface area (Å²) in [6.45, 7) is 11.3. The van der Waals surface area contributed by atoms with Crippen molar-refractivity contribution in [2.24, 2.45) is 11.3 Å². The van der Waals surface area contributed by atoms with Crippen LogP contribution in [0.15, 0.2) is 35.5 Å². The van der Waals surface area contributed by atoms with Gasteiger partial charge in [0.15, 0.2) is 0 Å². The van der Waals surface area contributed by atoms with Gasteiger partial charge in [-0.05, 0) is 76.6 Å². The van der Waals surface area contributed by atoms with E-state index in [2.05, 4.69) is 28.3 Å². The molecule has 4 heterocycles. The van der Waals surface area contributed by atoms with Crippen LogP contribution in [0.1, 0.15) is 66.7 Å². The Morgan fingerprint density at radius 3 is 2.78 bits per heavy atom. The second kappa shape index (κ2) is 10.8. The molecule has 3 N–H and O–H groups in total. The fourth-order valence-corrected chi connectivity index (χ4v) is 8.07. The lowest BCUT2D eigenvalue weighted by Gasteiger charge is -2.42. The quantitative estimate of drug-likeness (QED) is 0.316. The maximum Gasteiger partial charge on any atom is 0.309 e. The molecule has 202 valence electrons. The molecule has 0 aromatic carbocycles. The molecule has 1 aliphatic heterocycles. The molecule has 0 bridgehead atoms. The lowest BCUT2D eigenvalue weighted by atomic mass is 9.75. The summed E-state index contributed by atoms with van der Waals surface area (Å²) in [5.41, 5.74) is 1.59. The van der Waals surface area contributed by atoms with Gasteiger partial charge in [0.1, 0.15) is 0 Å². The van der Waals surface area contributed by atoms with Crippen LogP contribution in [-0.2, 0) is 30.7 Å². The molecular weight excluding hydrogens is 510 g/mol. The maximum absolute atomic E-state index is 12.3. The smallest absolute Gasteiger partial charge is 0.309 e. The molecule has 0 unspecified atom stereocenters. The highest BCUT2D eigenvalue weighted by Gasteiger charge is 2.39. The van der Waals surface area contributed by atoms with Crippen LogP contribution in [0.4, 0.5) is 0 Å². The van der Waals surface area contributed by atoms with Crippen LogP contribution < -0.4 is 0 Å². The van der Waals surface area contributed by atoms with E-state index in [9.17, 15) is 19.0 Å². The Labute approximate surface area is 224 Å². The summed E-state index contributed by atoms with van der Waals surface area (Å²) >= 11 is 1.59. The Hall–Kier alpha value is -2.31. The molecule has 9 nitrogen and oxygen atoms in total. The Kier molecular flexibility index (Phi) is 8.10. The van der Waals surface area contributed by atoms with E-state index in [1.54, 1.807) is 52.5 Å². The largest absolute Gasteiger partial charge is 0.481 e. The van der Waals surface area contributed by atoms with Crippen LogP contribution in [0.2, 0.25) is 0 Å². The number of aromatic nitrogens is 4. The molecule has 0 radical (unpaired) electrons. The number of carboxylic acids is 1. The summed E-state index contributed by atoms with van der Waals surface area (Å²) in [6.07, 6.45) is 5.54. The molecule has 3 aromatic rings. The Bertz CT molecular complexity index is 1260. The van der Waals surface area contributed by atoms with Gasteiger partial charge < -0.3 is 5.11 Å². The molecule has 0 saturated heterocycles. The van der Waals surface area contributed by atoms with Gasteiger partial charge in [0.05, 0.1) is 21.7 Å². The van der Waals surface area contributed by atoms with Crippen molar-refractivity contribution in [1.82, 2.24) is 24.3 Å². The van der Waals surface area contributed by atoms with Gasteiger partial charge in [0.25, 0.3) is 0 Å². The van der Waals surface area contributed by atoms with Crippen LogP contribution in [0.25, 0.3) is 0 Å². The summed E-state index contributed by atoms with van der Waals surface area (Å²) in [6, 6.07) is 5.56. The second-order valence-electron chi connectivity index (χ2n) is 10.5. The number of aryl methyl sites for hydroxylation is 3. The van der Waals surface area contributed by atoms with Crippen LogP contribution >= 0.6 is 22.1 Å². The molecule has 0 fully saturated rings. The maximum atomic E-state index is 12.3. The number of aliphatic carboxylic acids is 1. The third-order valence-corrected chi connectivity index (χ3v) is 10.5. The first-order valence-corrected chi connectivity index (χ1v) is 14.9.